The largest absolute Gasteiger partial charge is 0.492 e. The highest BCUT2D eigenvalue weighted by molar-refractivity contribution is 6.35. The molecule has 0 fully saturated rings. The van der Waals surface area contributed by atoms with E-state index in [9.17, 15) is 9.59 Å². The van der Waals surface area contributed by atoms with Gasteiger partial charge in [-0.25, -0.2) is 4.79 Å². The van der Waals surface area contributed by atoms with Crippen LogP contribution in [0.5, 0.6) is 17.2 Å². The summed E-state index contributed by atoms with van der Waals surface area (Å²) in [6.45, 7) is 0.669. The summed E-state index contributed by atoms with van der Waals surface area (Å²) in [6.07, 6.45) is 0.615. The smallest absolute Gasteiger partial charge is 0.338 e. The number of rotatable bonds is 11. The van der Waals surface area contributed by atoms with Gasteiger partial charge in [-0.1, -0.05) is 41.4 Å². The molecule has 0 aliphatic heterocycles. The third-order valence-electron chi connectivity index (χ3n) is 4.33. The van der Waals surface area contributed by atoms with Crippen LogP contribution in [0, 0.1) is 0 Å². The lowest BCUT2D eigenvalue weighted by atomic mass is 10.2. The molecule has 172 valence electrons. The molecule has 0 bridgehead atoms. The Labute approximate surface area is 201 Å². The second-order valence-corrected chi connectivity index (χ2v) is 7.67. The van der Waals surface area contributed by atoms with E-state index >= 15 is 0 Å². The summed E-state index contributed by atoms with van der Waals surface area (Å²) in [5, 5.41) is 0.930. The monoisotopic (exact) mass is 488 g/mol. The highest BCUT2D eigenvalue weighted by Gasteiger charge is 2.10. The van der Waals surface area contributed by atoms with E-state index in [0.717, 1.165) is 0 Å². The SMILES string of the molecule is O=C(CCCOc1ccc(Cl)cc1Cl)Oc1ccc(C(=O)OCCOc2ccccc2)cc1. The van der Waals surface area contributed by atoms with E-state index in [-0.39, 0.29) is 19.6 Å². The molecule has 3 aromatic carbocycles. The first kappa shape index (κ1) is 24.4. The number of esters is 2. The predicted octanol–water partition coefficient (Wildman–Crippen LogP) is 5.99. The van der Waals surface area contributed by atoms with Crippen LogP contribution in [0.1, 0.15) is 23.2 Å². The number of benzene rings is 3. The van der Waals surface area contributed by atoms with Crippen molar-refractivity contribution >= 4 is 35.1 Å². The minimum atomic E-state index is -0.484. The van der Waals surface area contributed by atoms with Crippen molar-refractivity contribution in [3.05, 3.63) is 88.4 Å². The van der Waals surface area contributed by atoms with Crippen molar-refractivity contribution in [1.82, 2.24) is 0 Å². The molecule has 0 saturated carbocycles. The molecule has 33 heavy (non-hydrogen) atoms. The molecular weight excluding hydrogens is 467 g/mol. The molecule has 0 radical (unpaired) electrons. The van der Waals surface area contributed by atoms with Crippen LogP contribution in [-0.2, 0) is 9.53 Å². The molecule has 0 unspecified atom stereocenters. The van der Waals surface area contributed by atoms with E-state index in [2.05, 4.69) is 0 Å². The first-order chi connectivity index (χ1) is 16.0. The molecule has 0 spiro atoms. The third-order valence-corrected chi connectivity index (χ3v) is 4.86. The van der Waals surface area contributed by atoms with E-state index in [0.29, 0.717) is 45.9 Å². The summed E-state index contributed by atoms with van der Waals surface area (Å²) >= 11 is 11.9. The van der Waals surface area contributed by atoms with Gasteiger partial charge in [0.15, 0.2) is 0 Å². The van der Waals surface area contributed by atoms with E-state index in [4.69, 9.17) is 42.1 Å². The second-order valence-electron chi connectivity index (χ2n) is 6.82. The van der Waals surface area contributed by atoms with Crippen LogP contribution >= 0.6 is 23.2 Å². The van der Waals surface area contributed by atoms with Crippen LogP contribution in [0.3, 0.4) is 0 Å². The fraction of sp³-hybridized carbons (Fsp3) is 0.200. The molecule has 3 rings (SSSR count). The molecule has 6 nitrogen and oxygen atoms in total. The van der Waals surface area contributed by atoms with Gasteiger partial charge in [-0.15, -0.1) is 0 Å². The maximum atomic E-state index is 12.1. The molecular formula is C25H22Cl2O6. The summed E-state index contributed by atoms with van der Waals surface area (Å²) in [4.78, 5) is 24.1. The lowest BCUT2D eigenvalue weighted by Crippen LogP contribution is -2.13. The Kier molecular flexibility index (Phi) is 9.42. The van der Waals surface area contributed by atoms with Crippen LogP contribution in [-0.4, -0.2) is 31.8 Å². The van der Waals surface area contributed by atoms with Crippen LogP contribution in [0.15, 0.2) is 72.8 Å². The van der Waals surface area contributed by atoms with Crippen molar-refractivity contribution in [3.63, 3.8) is 0 Å². The average molecular weight is 489 g/mol. The Morgan fingerprint density at radius 3 is 2.24 bits per heavy atom. The number of hydrogen-bond acceptors (Lipinski definition) is 6. The molecule has 0 atom stereocenters. The highest BCUT2D eigenvalue weighted by atomic mass is 35.5. The maximum absolute atomic E-state index is 12.1. The Bertz CT molecular complexity index is 1050. The van der Waals surface area contributed by atoms with Crippen molar-refractivity contribution in [2.75, 3.05) is 19.8 Å². The van der Waals surface area contributed by atoms with Gasteiger partial charge >= 0.3 is 11.9 Å². The summed E-state index contributed by atoms with van der Waals surface area (Å²) in [5.74, 6) is 0.658. The number of carbonyl (C=O) groups excluding carboxylic acids is 2. The zero-order valence-corrected chi connectivity index (χ0v) is 19.2. The van der Waals surface area contributed by atoms with Crippen LogP contribution in [0.4, 0.5) is 0 Å². The van der Waals surface area contributed by atoms with Gasteiger partial charge in [0.05, 0.1) is 17.2 Å². The zero-order valence-electron chi connectivity index (χ0n) is 17.7. The van der Waals surface area contributed by atoms with Crippen molar-refractivity contribution in [2.24, 2.45) is 0 Å². The van der Waals surface area contributed by atoms with Crippen molar-refractivity contribution in [3.8, 4) is 17.2 Å². The molecule has 0 heterocycles. The molecule has 0 amide bonds. The first-order valence-corrected chi connectivity index (χ1v) is 11.0. The van der Waals surface area contributed by atoms with Gasteiger partial charge in [0, 0.05) is 11.4 Å². The van der Waals surface area contributed by atoms with Crippen LogP contribution < -0.4 is 14.2 Å². The van der Waals surface area contributed by atoms with E-state index in [1.165, 1.54) is 12.1 Å². The number of para-hydroxylation sites is 1. The minimum Gasteiger partial charge on any atom is -0.492 e. The fourth-order valence-corrected chi connectivity index (χ4v) is 3.19. The lowest BCUT2D eigenvalue weighted by molar-refractivity contribution is -0.134. The Hall–Kier alpha value is -3.22. The molecule has 8 heteroatoms. The number of ether oxygens (including phenoxy) is 4. The molecule has 0 N–H and O–H groups in total. The zero-order chi connectivity index (χ0) is 23.5. The van der Waals surface area contributed by atoms with Crippen molar-refractivity contribution in [2.45, 2.75) is 12.8 Å². The Morgan fingerprint density at radius 1 is 0.758 bits per heavy atom. The van der Waals surface area contributed by atoms with Gasteiger partial charge in [-0.3, -0.25) is 4.79 Å². The van der Waals surface area contributed by atoms with Gasteiger partial charge in [0.2, 0.25) is 0 Å². The minimum absolute atomic E-state index is 0.119. The summed E-state index contributed by atoms with van der Waals surface area (Å²) in [6, 6.07) is 20.4. The fourth-order valence-electron chi connectivity index (χ4n) is 2.73. The average Bonchev–Trinajstić information content (AvgIpc) is 2.82. The van der Waals surface area contributed by atoms with Crippen molar-refractivity contribution < 1.29 is 28.5 Å². The Balaban J connectivity index is 1.34. The van der Waals surface area contributed by atoms with Gasteiger partial charge in [-0.2, -0.15) is 0 Å². The van der Waals surface area contributed by atoms with Gasteiger partial charge in [-0.05, 0) is 61.0 Å². The second kappa shape index (κ2) is 12.7. The van der Waals surface area contributed by atoms with E-state index < -0.39 is 11.9 Å². The van der Waals surface area contributed by atoms with Crippen molar-refractivity contribution in [1.29, 1.82) is 0 Å². The van der Waals surface area contributed by atoms with Gasteiger partial charge < -0.3 is 18.9 Å². The molecule has 0 saturated heterocycles. The highest BCUT2D eigenvalue weighted by Crippen LogP contribution is 2.27. The van der Waals surface area contributed by atoms with Crippen LogP contribution in [0.25, 0.3) is 0 Å². The van der Waals surface area contributed by atoms with Crippen LogP contribution in [0.2, 0.25) is 10.0 Å². The number of halogens is 2. The maximum Gasteiger partial charge on any atom is 0.338 e. The quantitative estimate of drug-likeness (QED) is 0.187. The third kappa shape index (κ3) is 8.33. The molecule has 0 aromatic heterocycles. The standard InChI is InChI=1S/C25H22Cl2O6/c26-19-10-13-23(22(27)17-19)31-14-4-7-24(28)33-21-11-8-18(9-12-21)25(29)32-16-15-30-20-5-2-1-3-6-20/h1-3,5-6,8-13,17H,4,7,14-16H2. The molecule has 3 aromatic rings. The lowest BCUT2D eigenvalue weighted by Gasteiger charge is -2.09. The van der Waals surface area contributed by atoms with E-state index in [1.807, 2.05) is 30.3 Å². The normalized spacial score (nSPS) is 10.4. The summed E-state index contributed by atoms with van der Waals surface area (Å²) in [7, 11) is 0. The summed E-state index contributed by atoms with van der Waals surface area (Å²) < 4.78 is 21.5. The first-order valence-electron chi connectivity index (χ1n) is 10.2. The van der Waals surface area contributed by atoms with Gasteiger partial charge in [0.1, 0.15) is 30.5 Å². The van der Waals surface area contributed by atoms with Gasteiger partial charge in [0.25, 0.3) is 0 Å². The van der Waals surface area contributed by atoms with E-state index in [1.54, 1.807) is 30.3 Å². The number of hydrogen-bond donors (Lipinski definition) is 0. The number of carbonyl (C=O) groups is 2. The summed E-state index contributed by atoms with van der Waals surface area (Å²) in [5.41, 5.74) is 0.350. The predicted molar refractivity (Wildman–Crippen MR) is 125 cm³/mol. The topological polar surface area (TPSA) is 71.1 Å². The Morgan fingerprint density at radius 2 is 1.52 bits per heavy atom. The molecule has 0 aliphatic carbocycles. The molecule has 0 aliphatic rings.